The fourth-order valence-electron chi connectivity index (χ4n) is 3.04. The summed E-state index contributed by atoms with van der Waals surface area (Å²) in [5.74, 6) is -0.0958. The monoisotopic (exact) mass is 314 g/mol. The molecule has 3 rings (SSSR count). The van der Waals surface area contributed by atoms with Crippen LogP contribution in [0.5, 0.6) is 0 Å². The van der Waals surface area contributed by atoms with Crippen LogP contribution in [0.4, 0.5) is 0 Å². The minimum Gasteiger partial charge on any atom is -0.378 e. The maximum atomic E-state index is 12.9. The number of hydrogen-bond acceptors (Lipinski definition) is 3. The number of aryl methyl sites for hydroxylation is 1. The zero-order valence-corrected chi connectivity index (χ0v) is 13.8. The quantitative estimate of drug-likeness (QED) is 0.855. The molecule has 0 N–H and O–H groups in total. The van der Waals surface area contributed by atoms with Gasteiger partial charge in [0.25, 0.3) is 11.5 Å². The summed E-state index contributed by atoms with van der Waals surface area (Å²) in [6.45, 7) is 8.05. The van der Waals surface area contributed by atoms with Crippen molar-refractivity contribution < 1.29 is 9.53 Å². The van der Waals surface area contributed by atoms with Crippen molar-refractivity contribution >= 4 is 16.7 Å². The van der Waals surface area contributed by atoms with Gasteiger partial charge in [0.1, 0.15) is 5.69 Å². The normalized spacial score (nSPS) is 15.4. The molecule has 0 aliphatic carbocycles. The van der Waals surface area contributed by atoms with E-state index in [1.807, 2.05) is 45.0 Å². The summed E-state index contributed by atoms with van der Waals surface area (Å²) in [6, 6.07) is 7.53. The average Bonchev–Trinajstić information content (AvgIpc) is 2.55. The van der Waals surface area contributed by atoms with E-state index < -0.39 is 0 Å². The van der Waals surface area contributed by atoms with Crippen LogP contribution in [-0.2, 0) is 4.74 Å². The van der Waals surface area contributed by atoms with Crippen molar-refractivity contribution in [3.63, 3.8) is 0 Å². The van der Waals surface area contributed by atoms with Crippen LogP contribution in [0.1, 0.15) is 35.9 Å². The Bertz CT molecular complexity index is 802. The minimum atomic E-state index is -0.0993. The Morgan fingerprint density at radius 3 is 2.52 bits per heavy atom. The van der Waals surface area contributed by atoms with E-state index in [4.69, 9.17) is 4.74 Å². The number of carbonyl (C=O) groups excluding carboxylic acids is 1. The first kappa shape index (κ1) is 15.7. The van der Waals surface area contributed by atoms with E-state index in [0.29, 0.717) is 37.4 Å². The van der Waals surface area contributed by atoms with Gasteiger partial charge in [-0.15, -0.1) is 0 Å². The Morgan fingerprint density at radius 2 is 1.87 bits per heavy atom. The molecule has 1 aromatic carbocycles. The van der Waals surface area contributed by atoms with Crippen LogP contribution in [0.25, 0.3) is 10.8 Å². The Balaban J connectivity index is 2.18. The average molecular weight is 314 g/mol. The summed E-state index contributed by atoms with van der Waals surface area (Å²) >= 11 is 0. The number of fused-ring (bicyclic) bond motifs is 1. The summed E-state index contributed by atoms with van der Waals surface area (Å²) in [7, 11) is 0. The maximum Gasteiger partial charge on any atom is 0.270 e. The predicted molar refractivity (Wildman–Crippen MR) is 90.1 cm³/mol. The third kappa shape index (κ3) is 2.88. The smallest absolute Gasteiger partial charge is 0.270 e. The minimum absolute atomic E-state index is 0.0765. The van der Waals surface area contributed by atoms with Gasteiger partial charge in [0.15, 0.2) is 0 Å². The van der Waals surface area contributed by atoms with Gasteiger partial charge in [-0.2, -0.15) is 0 Å². The second kappa shape index (κ2) is 6.16. The largest absolute Gasteiger partial charge is 0.378 e. The number of morpholine rings is 1. The summed E-state index contributed by atoms with van der Waals surface area (Å²) < 4.78 is 6.92. The molecule has 2 heterocycles. The molecule has 1 aromatic heterocycles. The second-order valence-electron chi connectivity index (χ2n) is 6.29. The van der Waals surface area contributed by atoms with E-state index in [2.05, 4.69) is 0 Å². The fourth-order valence-corrected chi connectivity index (χ4v) is 3.04. The number of pyridine rings is 1. The van der Waals surface area contributed by atoms with Crippen molar-refractivity contribution in [2.45, 2.75) is 26.8 Å². The molecule has 1 amide bonds. The van der Waals surface area contributed by atoms with Crippen molar-refractivity contribution in [3.8, 4) is 0 Å². The number of ether oxygens (including phenoxy) is 1. The number of benzene rings is 1. The molecule has 23 heavy (non-hydrogen) atoms. The predicted octanol–water partition coefficient (Wildman–Crippen LogP) is 2.36. The van der Waals surface area contributed by atoms with Gasteiger partial charge in [0.05, 0.1) is 13.2 Å². The van der Waals surface area contributed by atoms with Gasteiger partial charge in [-0.1, -0.05) is 17.7 Å². The zero-order chi connectivity index (χ0) is 16.6. The molecule has 122 valence electrons. The third-order valence-electron chi connectivity index (χ3n) is 4.24. The van der Waals surface area contributed by atoms with Crippen molar-refractivity contribution in [1.82, 2.24) is 9.47 Å². The lowest BCUT2D eigenvalue weighted by atomic mass is 10.1. The van der Waals surface area contributed by atoms with Gasteiger partial charge >= 0.3 is 0 Å². The Morgan fingerprint density at radius 1 is 1.17 bits per heavy atom. The number of amides is 1. The molecule has 0 bridgehead atoms. The molecule has 2 aromatic rings. The van der Waals surface area contributed by atoms with Crippen LogP contribution in [0.3, 0.4) is 0 Å². The van der Waals surface area contributed by atoms with Crippen LogP contribution in [0, 0.1) is 6.92 Å². The Labute approximate surface area is 135 Å². The number of carbonyl (C=O) groups is 1. The van der Waals surface area contributed by atoms with Gasteiger partial charge in [0.2, 0.25) is 0 Å². The first-order chi connectivity index (χ1) is 11.0. The van der Waals surface area contributed by atoms with Crippen molar-refractivity contribution in [2.24, 2.45) is 0 Å². The highest BCUT2D eigenvalue weighted by Crippen LogP contribution is 2.18. The highest BCUT2D eigenvalue weighted by atomic mass is 16.5. The molecule has 0 radical (unpaired) electrons. The molecule has 5 nitrogen and oxygen atoms in total. The third-order valence-corrected chi connectivity index (χ3v) is 4.24. The van der Waals surface area contributed by atoms with Gasteiger partial charge in [-0.25, -0.2) is 0 Å². The first-order valence-corrected chi connectivity index (χ1v) is 8.02. The summed E-state index contributed by atoms with van der Waals surface area (Å²) in [4.78, 5) is 27.6. The molecule has 1 saturated heterocycles. The summed E-state index contributed by atoms with van der Waals surface area (Å²) in [5.41, 5.74) is 1.40. The van der Waals surface area contributed by atoms with E-state index in [1.165, 1.54) is 0 Å². The van der Waals surface area contributed by atoms with E-state index in [0.717, 1.165) is 10.9 Å². The van der Waals surface area contributed by atoms with Crippen molar-refractivity contribution in [2.75, 3.05) is 26.3 Å². The molecule has 1 fully saturated rings. The molecule has 0 saturated carbocycles. The number of hydrogen-bond donors (Lipinski definition) is 0. The highest BCUT2D eigenvalue weighted by molar-refractivity contribution is 5.97. The van der Waals surface area contributed by atoms with Gasteiger partial charge in [0, 0.05) is 24.5 Å². The van der Waals surface area contributed by atoms with Gasteiger partial charge in [-0.05, 0) is 38.3 Å². The number of nitrogens with zero attached hydrogens (tertiary/aromatic N) is 2. The lowest BCUT2D eigenvalue weighted by molar-refractivity contribution is 0.0294. The molecular formula is C18H22N2O3. The SMILES string of the molecule is Cc1ccc2cc(C(=O)N3CCOCC3)n(C(C)C)c(=O)c2c1. The molecule has 0 spiro atoms. The molecule has 5 heteroatoms. The van der Waals surface area contributed by atoms with E-state index in [1.54, 1.807) is 9.47 Å². The summed E-state index contributed by atoms with van der Waals surface area (Å²) in [5, 5.41) is 1.48. The first-order valence-electron chi connectivity index (χ1n) is 8.02. The van der Waals surface area contributed by atoms with Crippen LogP contribution in [0.15, 0.2) is 29.1 Å². The van der Waals surface area contributed by atoms with Crippen molar-refractivity contribution in [3.05, 3.63) is 45.9 Å². The fraction of sp³-hybridized carbons (Fsp3) is 0.444. The standard InChI is InChI=1S/C18H22N2O3/c1-12(2)20-16(18(22)19-6-8-23-9-7-19)11-14-5-4-13(3)10-15(14)17(20)21/h4-5,10-12H,6-9H2,1-3H3. The van der Waals surface area contributed by atoms with Crippen molar-refractivity contribution in [1.29, 1.82) is 0 Å². The van der Waals surface area contributed by atoms with Crippen LogP contribution < -0.4 is 5.56 Å². The molecule has 1 aliphatic rings. The molecule has 1 aliphatic heterocycles. The van der Waals surface area contributed by atoms with E-state index in [9.17, 15) is 9.59 Å². The maximum absolute atomic E-state index is 12.9. The zero-order valence-electron chi connectivity index (χ0n) is 13.8. The second-order valence-corrected chi connectivity index (χ2v) is 6.29. The van der Waals surface area contributed by atoms with E-state index >= 15 is 0 Å². The highest BCUT2D eigenvalue weighted by Gasteiger charge is 2.23. The Hall–Kier alpha value is -2.14. The summed E-state index contributed by atoms with van der Waals surface area (Å²) in [6.07, 6.45) is 0. The lowest BCUT2D eigenvalue weighted by Gasteiger charge is -2.28. The topological polar surface area (TPSA) is 51.5 Å². The molecule has 0 atom stereocenters. The van der Waals surface area contributed by atoms with Gasteiger partial charge in [-0.3, -0.25) is 9.59 Å². The lowest BCUT2D eigenvalue weighted by Crippen LogP contribution is -2.43. The van der Waals surface area contributed by atoms with Crippen LogP contribution in [0.2, 0.25) is 0 Å². The molecule has 0 unspecified atom stereocenters. The van der Waals surface area contributed by atoms with Crippen LogP contribution in [-0.4, -0.2) is 41.7 Å². The Kier molecular flexibility index (Phi) is 4.22. The van der Waals surface area contributed by atoms with Gasteiger partial charge < -0.3 is 14.2 Å². The molecular weight excluding hydrogens is 292 g/mol. The number of aromatic nitrogens is 1. The van der Waals surface area contributed by atoms with E-state index in [-0.39, 0.29) is 17.5 Å². The number of rotatable bonds is 2. The van der Waals surface area contributed by atoms with Crippen LogP contribution >= 0.6 is 0 Å².